The van der Waals surface area contributed by atoms with Gasteiger partial charge < -0.3 is 4.74 Å². The first-order valence-electron chi connectivity index (χ1n) is 4.61. The summed E-state index contributed by atoms with van der Waals surface area (Å²) in [7, 11) is 1.44. The number of hydrogen-bond acceptors (Lipinski definition) is 4. The Morgan fingerprint density at radius 2 is 2.27 bits per heavy atom. The highest BCUT2D eigenvalue weighted by Crippen LogP contribution is 2.27. The molecule has 0 saturated carbocycles. The maximum atomic E-state index is 10.6. The summed E-state index contributed by atoms with van der Waals surface area (Å²) in [6, 6.07) is 4.94. The number of benzene rings is 1. The van der Waals surface area contributed by atoms with Gasteiger partial charge in [-0.25, -0.2) is 0 Å². The minimum absolute atomic E-state index is 0.00660. The van der Waals surface area contributed by atoms with E-state index in [-0.39, 0.29) is 5.69 Å². The highest BCUT2D eigenvalue weighted by atomic mass is 32.1. The third-order valence-corrected chi connectivity index (χ3v) is 2.38. The summed E-state index contributed by atoms with van der Waals surface area (Å²) in [6.45, 7) is 0. The monoisotopic (exact) mass is 227 g/mol. The first-order chi connectivity index (χ1) is 7.19. The van der Waals surface area contributed by atoms with Crippen LogP contribution in [0, 0.1) is 10.1 Å². The molecule has 82 valence electrons. The molecular formula is C10H13NO3S. The minimum Gasteiger partial charge on any atom is -0.490 e. The number of thiol groups is 1. The van der Waals surface area contributed by atoms with Gasteiger partial charge in [-0.05, 0) is 30.2 Å². The van der Waals surface area contributed by atoms with E-state index in [9.17, 15) is 10.1 Å². The van der Waals surface area contributed by atoms with Gasteiger partial charge in [0.2, 0.25) is 0 Å². The summed E-state index contributed by atoms with van der Waals surface area (Å²) in [6.07, 6.45) is 1.81. The molecule has 0 radical (unpaired) electrons. The Labute approximate surface area is 93.8 Å². The van der Waals surface area contributed by atoms with Gasteiger partial charge in [0.1, 0.15) is 0 Å². The largest absolute Gasteiger partial charge is 0.490 e. The molecule has 0 aliphatic rings. The standard InChI is InChI=1S/C10H13NO3S/c1-14-10-7-8(3-2-6-15)4-5-9(10)11(12)13/h4-5,7,15H,2-3,6H2,1H3. The normalized spacial score (nSPS) is 10.0. The zero-order valence-electron chi connectivity index (χ0n) is 8.47. The summed E-state index contributed by atoms with van der Waals surface area (Å²) in [5.41, 5.74) is 1.04. The van der Waals surface area contributed by atoms with Gasteiger partial charge in [-0.2, -0.15) is 12.6 Å². The summed E-state index contributed by atoms with van der Waals surface area (Å²) >= 11 is 4.11. The van der Waals surface area contributed by atoms with E-state index in [1.807, 2.05) is 0 Å². The van der Waals surface area contributed by atoms with Crippen molar-refractivity contribution in [1.29, 1.82) is 0 Å². The van der Waals surface area contributed by atoms with Gasteiger partial charge in [0.05, 0.1) is 12.0 Å². The minimum atomic E-state index is -0.443. The fraction of sp³-hybridized carbons (Fsp3) is 0.400. The topological polar surface area (TPSA) is 52.4 Å². The van der Waals surface area contributed by atoms with Crippen LogP contribution in [0.15, 0.2) is 18.2 Å². The second-order valence-corrected chi connectivity index (χ2v) is 3.54. The number of nitro groups is 1. The first kappa shape index (κ1) is 11.8. The van der Waals surface area contributed by atoms with Gasteiger partial charge in [0.25, 0.3) is 0 Å². The van der Waals surface area contributed by atoms with Crippen molar-refractivity contribution >= 4 is 18.3 Å². The van der Waals surface area contributed by atoms with Crippen LogP contribution in [0.5, 0.6) is 5.75 Å². The molecule has 0 bridgehead atoms. The van der Waals surface area contributed by atoms with Crippen molar-refractivity contribution in [2.45, 2.75) is 12.8 Å². The maximum absolute atomic E-state index is 10.6. The van der Waals surface area contributed by atoms with Crippen molar-refractivity contribution in [1.82, 2.24) is 0 Å². The molecule has 0 N–H and O–H groups in total. The molecule has 0 heterocycles. The van der Waals surface area contributed by atoms with E-state index in [4.69, 9.17) is 4.74 Å². The fourth-order valence-corrected chi connectivity index (χ4v) is 1.47. The predicted molar refractivity (Wildman–Crippen MR) is 61.8 cm³/mol. The molecule has 0 aliphatic heterocycles. The van der Waals surface area contributed by atoms with Crippen molar-refractivity contribution in [3.63, 3.8) is 0 Å². The smallest absolute Gasteiger partial charge is 0.310 e. The number of ether oxygens (including phenoxy) is 1. The second kappa shape index (κ2) is 5.60. The van der Waals surface area contributed by atoms with E-state index in [1.165, 1.54) is 13.2 Å². The number of rotatable bonds is 5. The molecular weight excluding hydrogens is 214 g/mol. The molecule has 1 aromatic carbocycles. The van der Waals surface area contributed by atoms with E-state index < -0.39 is 4.92 Å². The highest BCUT2D eigenvalue weighted by molar-refractivity contribution is 7.80. The Morgan fingerprint density at radius 3 is 2.80 bits per heavy atom. The van der Waals surface area contributed by atoms with E-state index in [0.29, 0.717) is 5.75 Å². The molecule has 0 atom stereocenters. The lowest BCUT2D eigenvalue weighted by molar-refractivity contribution is -0.385. The van der Waals surface area contributed by atoms with Crippen LogP contribution in [0.25, 0.3) is 0 Å². The molecule has 0 saturated heterocycles. The second-order valence-electron chi connectivity index (χ2n) is 3.09. The number of aryl methyl sites for hydroxylation is 1. The molecule has 4 nitrogen and oxygen atoms in total. The van der Waals surface area contributed by atoms with Crippen molar-refractivity contribution in [3.8, 4) is 5.75 Å². The molecule has 0 unspecified atom stereocenters. The Morgan fingerprint density at radius 1 is 1.53 bits per heavy atom. The van der Waals surface area contributed by atoms with E-state index in [0.717, 1.165) is 24.2 Å². The molecule has 0 amide bonds. The molecule has 15 heavy (non-hydrogen) atoms. The molecule has 0 fully saturated rings. The Bertz CT molecular complexity index is 355. The van der Waals surface area contributed by atoms with E-state index in [1.54, 1.807) is 12.1 Å². The lowest BCUT2D eigenvalue weighted by Crippen LogP contribution is -1.95. The van der Waals surface area contributed by atoms with Gasteiger partial charge in [-0.15, -0.1) is 0 Å². The lowest BCUT2D eigenvalue weighted by Gasteiger charge is -2.04. The molecule has 0 aliphatic carbocycles. The first-order valence-corrected chi connectivity index (χ1v) is 5.24. The Hall–Kier alpha value is -1.23. The van der Waals surface area contributed by atoms with Gasteiger partial charge in [0.15, 0.2) is 5.75 Å². The van der Waals surface area contributed by atoms with Crippen LogP contribution in [0.2, 0.25) is 0 Å². The van der Waals surface area contributed by atoms with E-state index in [2.05, 4.69) is 12.6 Å². The predicted octanol–water partition coefficient (Wildman–Crippen LogP) is 2.47. The highest BCUT2D eigenvalue weighted by Gasteiger charge is 2.14. The number of nitro benzene ring substituents is 1. The van der Waals surface area contributed by atoms with Crippen molar-refractivity contribution in [2.75, 3.05) is 12.9 Å². The van der Waals surface area contributed by atoms with Crippen LogP contribution in [-0.2, 0) is 6.42 Å². The van der Waals surface area contributed by atoms with Gasteiger partial charge in [0, 0.05) is 6.07 Å². The van der Waals surface area contributed by atoms with E-state index >= 15 is 0 Å². The zero-order valence-corrected chi connectivity index (χ0v) is 9.37. The SMILES string of the molecule is COc1cc(CCCS)ccc1[N+](=O)[O-]. The van der Waals surface area contributed by atoms with Crippen LogP contribution >= 0.6 is 12.6 Å². The molecule has 1 aromatic rings. The number of nitrogens with zero attached hydrogens (tertiary/aromatic N) is 1. The van der Waals surface area contributed by atoms with Crippen LogP contribution < -0.4 is 4.74 Å². The van der Waals surface area contributed by atoms with Crippen LogP contribution in [0.3, 0.4) is 0 Å². The van der Waals surface area contributed by atoms with Crippen LogP contribution in [-0.4, -0.2) is 17.8 Å². The quantitative estimate of drug-likeness (QED) is 0.477. The van der Waals surface area contributed by atoms with Crippen molar-refractivity contribution in [3.05, 3.63) is 33.9 Å². The Balaban J connectivity index is 2.92. The maximum Gasteiger partial charge on any atom is 0.310 e. The average molecular weight is 227 g/mol. The van der Waals surface area contributed by atoms with Crippen LogP contribution in [0.4, 0.5) is 5.69 Å². The number of hydrogen-bond donors (Lipinski definition) is 1. The third-order valence-electron chi connectivity index (χ3n) is 2.06. The summed E-state index contributed by atoms with van der Waals surface area (Å²) in [5.74, 6) is 1.12. The molecule has 0 aromatic heterocycles. The summed E-state index contributed by atoms with van der Waals surface area (Å²) < 4.78 is 4.97. The fourth-order valence-electron chi connectivity index (χ4n) is 1.31. The number of methoxy groups -OCH3 is 1. The van der Waals surface area contributed by atoms with Gasteiger partial charge in [-0.1, -0.05) is 6.07 Å². The van der Waals surface area contributed by atoms with Gasteiger partial charge in [-0.3, -0.25) is 10.1 Å². The van der Waals surface area contributed by atoms with Crippen molar-refractivity contribution < 1.29 is 9.66 Å². The Kier molecular flexibility index (Phi) is 4.42. The zero-order chi connectivity index (χ0) is 11.3. The lowest BCUT2D eigenvalue weighted by atomic mass is 10.1. The van der Waals surface area contributed by atoms with Gasteiger partial charge >= 0.3 is 5.69 Å². The molecule has 5 heteroatoms. The summed E-state index contributed by atoms with van der Waals surface area (Å²) in [5, 5.41) is 10.6. The van der Waals surface area contributed by atoms with Crippen LogP contribution in [0.1, 0.15) is 12.0 Å². The third kappa shape index (κ3) is 3.13. The molecule has 1 rings (SSSR count). The average Bonchev–Trinajstić information content (AvgIpc) is 2.25. The van der Waals surface area contributed by atoms with Crippen molar-refractivity contribution in [2.24, 2.45) is 0 Å². The molecule has 0 spiro atoms. The summed E-state index contributed by atoms with van der Waals surface area (Å²) in [4.78, 5) is 10.2.